The Hall–Kier alpha value is -2.62. The number of halogens is 1. The van der Waals surface area contributed by atoms with E-state index in [1.807, 2.05) is 34.6 Å². The van der Waals surface area contributed by atoms with E-state index in [0.717, 1.165) is 22.2 Å². The van der Waals surface area contributed by atoms with Crippen LogP contribution in [-0.2, 0) is 6.61 Å². The van der Waals surface area contributed by atoms with E-state index in [0.29, 0.717) is 17.9 Å². The fraction of sp³-hybridized carbons (Fsp3) is 0.176. The average Bonchev–Trinajstić information content (AvgIpc) is 3.25. The zero-order valence-electron chi connectivity index (χ0n) is 14.0. The minimum absolute atomic E-state index is 0.218. The van der Waals surface area contributed by atoms with E-state index in [1.54, 1.807) is 12.3 Å². The molecule has 3 N–H and O–H groups in total. The predicted octanol–water partition coefficient (Wildman–Crippen LogP) is 2.61. The van der Waals surface area contributed by atoms with Gasteiger partial charge in [-0.05, 0) is 47.5 Å². The summed E-state index contributed by atoms with van der Waals surface area (Å²) < 4.78 is 15.4. The summed E-state index contributed by atoms with van der Waals surface area (Å²) in [4.78, 5) is 7.14. The first-order valence-electron chi connectivity index (χ1n) is 8.00. The van der Waals surface area contributed by atoms with Crippen molar-refractivity contribution in [3.05, 3.63) is 65.8 Å². The molecule has 0 unspecified atom stereocenters. The van der Waals surface area contributed by atoms with Crippen LogP contribution in [0.4, 0.5) is 10.2 Å². The van der Waals surface area contributed by atoms with Gasteiger partial charge in [0.25, 0.3) is 11.7 Å². The van der Waals surface area contributed by atoms with Gasteiger partial charge in [-0.15, -0.1) is 0 Å². The molecule has 9 heteroatoms. The van der Waals surface area contributed by atoms with Crippen LogP contribution in [0.1, 0.15) is 11.3 Å². The van der Waals surface area contributed by atoms with Crippen LogP contribution in [0, 0.1) is 12.7 Å². The largest absolute Gasteiger partial charge is 0.392 e. The molecule has 0 saturated carbocycles. The third kappa shape index (κ3) is 3.36. The second-order valence-corrected chi connectivity index (χ2v) is 6.96. The van der Waals surface area contributed by atoms with Crippen LogP contribution in [0.3, 0.4) is 0 Å². The predicted molar refractivity (Wildman–Crippen MR) is 98.6 cm³/mol. The molecule has 2 aromatic rings. The number of fused-ring (bicyclic) bond motifs is 1. The summed E-state index contributed by atoms with van der Waals surface area (Å²) >= 11 is 1.42. The van der Waals surface area contributed by atoms with E-state index in [9.17, 15) is 9.50 Å². The fourth-order valence-corrected chi connectivity index (χ4v) is 3.66. The van der Waals surface area contributed by atoms with Crippen LogP contribution >= 0.6 is 11.9 Å². The van der Waals surface area contributed by atoms with E-state index < -0.39 is 0 Å². The lowest BCUT2D eigenvalue weighted by Crippen LogP contribution is -2.42. The van der Waals surface area contributed by atoms with Crippen molar-refractivity contribution in [1.82, 2.24) is 19.4 Å². The van der Waals surface area contributed by atoms with E-state index in [-0.39, 0.29) is 12.4 Å². The molecule has 2 aliphatic heterocycles. The third-order valence-corrected chi connectivity index (χ3v) is 4.97. The van der Waals surface area contributed by atoms with Crippen molar-refractivity contribution >= 4 is 23.6 Å². The van der Waals surface area contributed by atoms with E-state index in [2.05, 4.69) is 20.5 Å². The Morgan fingerprint density at radius 3 is 3.08 bits per heavy atom. The summed E-state index contributed by atoms with van der Waals surface area (Å²) in [5, 5.41) is 19.9. The standard InChI is InChI=1S/C17H17FN6OS/c1-11-6-15(22-21-11)20-17-9-23(8-16-19-4-5-24(16)17)26-14-3-2-13(18)7-12(14)10-25/h2-7,9,25H,8,10H2,1H3,(H2,20,21,22)/q+1. The number of amidine groups is 1. The number of aliphatic imine (C=N–C) groups is 1. The van der Waals surface area contributed by atoms with Crippen LogP contribution in [0.15, 0.2) is 58.6 Å². The zero-order valence-corrected chi connectivity index (χ0v) is 14.8. The van der Waals surface area contributed by atoms with Gasteiger partial charge in [0.1, 0.15) is 12.4 Å². The van der Waals surface area contributed by atoms with Gasteiger partial charge in [0.05, 0.1) is 19.0 Å². The maximum Gasteiger partial charge on any atom is 0.285 e. The minimum atomic E-state index is -0.362. The Morgan fingerprint density at radius 1 is 1.42 bits per heavy atom. The number of rotatable bonds is 5. The van der Waals surface area contributed by atoms with Gasteiger partial charge in [0.15, 0.2) is 12.0 Å². The third-order valence-electron chi connectivity index (χ3n) is 3.91. The van der Waals surface area contributed by atoms with Gasteiger partial charge in [-0.1, -0.05) is 0 Å². The molecule has 0 fully saturated rings. The molecule has 4 rings (SSSR count). The molecule has 1 aromatic heterocycles. The summed E-state index contributed by atoms with van der Waals surface area (Å²) in [5.74, 6) is 2.01. The van der Waals surface area contributed by atoms with Crippen LogP contribution in [-0.4, -0.2) is 32.0 Å². The Balaban J connectivity index is 1.60. The van der Waals surface area contributed by atoms with Crippen LogP contribution in [0.2, 0.25) is 0 Å². The summed E-state index contributed by atoms with van der Waals surface area (Å²) in [6.45, 7) is 2.29. The van der Waals surface area contributed by atoms with E-state index >= 15 is 0 Å². The molecule has 3 heterocycles. The normalized spacial score (nSPS) is 16.5. The van der Waals surface area contributed by atoms with Crippen molar-refractivity contribution in [3.8, 4) is 0 Å². The smallest absolute Gasteiger partial charge is 0.285 e. The van der Waals surface area contributed by atoms with Crippen LogP contribution in [0.25, 0.3) is 0 Å². The summed E-state index contributed by atoms with van der Waals surface area (Å²) in [6, 6.07) is 6.32. The Morgan fingerprint density at radius 2 is 2.31 bits per heavy atom. The molecule has 0 amide bonds. The van der Waals surface area contributed by atoms with Gasteiger partial charge in [0, 0.05) is 16.7 Å². The minimum Gasteiger partial charge on any atom is -0.392 e. The highest BCUT2D eigenvalue weighted by Crippen LogP contribution is 2.31. The second-order valence-electron chi connectivity index (χ2n) is 5.87. The number of benzene rings is 1. The van der Waals surface area contributed by atoms with Crippen molar-refractivity contribution in [2.45, 2.75) is 18.4 Å². The number of nitrogens with one attached hydrogen (secondary N) is 2. The molecule has 2 aliphatic rings. The number of aromatic nitrogens is 2. The summed E-state index contributed by atoms with van der Waals surface area (Å²) in [7, 11) is 0. The van der Waals surface area contributed by atoms with Crippen molar-refractivity contribution in [2.24, 2.45) is 4.99 Å². The Labute approximate surface area is 154 Å². The van der Waals surface area contributed by atoms with Gasteiger partial charge >= 0.3 is 0 Å². The SMILES string of the molecule is Cc1cc(NC2=CN(Sc3ccc(F)cc3CO)CC3=NC=C[N+]23)n[nH]1. The molecule has 0 saturated heterocycles. The highest BCUT2D eigenvalue weighted by Gasteiger charge is 2.37. The molecular weight excluding hydrogens is 355 g/mol. The maximum atomic E-state index is 13.4. The first-order chi connectivity index (χ1) is 12.6. The van der Waals surface area contributed by atoms with E-state index in [1.165, 1.54) is 24.1 Å². The quantitative estimate of drug-likeness (QED) is 0.555. The number of hydrogen-bond donors (Lipinski definition) is 3. The first kappa shape index (κ1) is 16.8. The van der Waals surface area contributed by atoms with Crippen LogP contribution < -0.4 is 10.2 Å². The maximum absolute atomic E-state index is 13.4. The number of nitrogens with zero attached hydrogens (tertiary/aromatic N) is 4. The lowest BCUT2D eigenvalue weighted by atomic mass is 10.2. The summed E-state index contributed by atoms with van der Waals surface area (Å²) in [6.07, 6.45) is 5.56. The molecule has 7 nitrogen and oxygen atoms in total. The monoisotopic (exact) mass is 372 g/mol. The first-order valence-corrected chi connectivity index (χ1v) is 8.77. The fourth-order valence-electron chi connectivity index (χ4n) is 2.71. The lowest BCUT2D eigenvalue weighted by molar-refractivity contribution is 0.278. The Bertz CT molecular complexity index is 922. The molecule has 1 aromatic carbocycles. The van der Waals surface area contributed by atoms with Gasteiger partial charge in [-0.2, -0.15) is 10.1 Å². The number of aliphatic hydroxyl groups excluding tert-OH is 1. The van der Waals surface area contributed by atoms with Crippen molar-refractivity contribution in [1.29, 1.82) is 0 Å². The highest BCUT2D eigenvalue weighted by molar-refractivity contribution is 7.97. The molecular formula is C17H17FN6OS+. The zero-order chi connectivity index (χ0) is 18.1. The molecule has 0 atom stereocenters. The molecule has 0 bridgehead atoms. The number of H-pyrrole nitrogens is 1. The molecule has 0 aliphatic carbocycles. The summed E-state index contributed by atoms with van der Waals surface area (Å²) in [5.41, 5.74) is 1.51. The topological polar surface area (TPSA) is 82.4 Å². The van der Waals surface area contributed by atoms with Crippen LogP contribution in [0.5, 0.6) is 0 Å². The van der Waals surface area contributed by atoms with Gasteiger partial charge < -0.3 is 5.11 Å². The number of aliphatic hydroxyl groups is 1. The van der Waals surface area contributed by atoms with Gasteiger partial charge in [-0.25, -0.2) is 4.39 Å². The highest BCUT2D eigenvalue weighted by atomic mass is 32.2. The number of anilines is 1. The Kier molecular flexibility index (Phi) is 4.49. The van der Waals surface area contributed by atoms with E-state index in [4.69, 9.17) is 0 Å². The van der Waals surface area contributed by atoms with Crippen molar-refractivity contribution < 1.29 is 9.50 Å². The number of aryl methyl sites for hydroxylation is 1. The number of aromatic amines is 1. The number of hydrogen-bond acceptors (Lipinski definition) is 7. The average molecular weight is 372 g/mol. The van der Waals surface area contributed by atoms with Gasteiger partial charge in [0.2, 0.25) is 0 Å². The van der Waals surface area contributed by atoms with Crippen molar-refractivity contribution in [3.63, 3.8) is 0 Å². The molecule has 26 heavy (non-hydrogen) atoms. The molecule has 0 spiro atoms. The van der Waals surface area contributed by atoms with Crippen molar-refractivity contribution in [2.75, 3.05) is 11.9 Å². The molecule has 133 valence electrons. The molecule has 1 radical (unpaired) electrons. The van der Waals surface area contributed by atoms with Gasteiger partial charge in [-0.3, -0.25) is 14.7 Å². The second kappa shape index (κ2) is 6.94. The lowest BCUT2D eigenvalue weighted by Gasteiger charge is -2.24.